The number of hydrogen-bond acceptors (Lipinski definition) is 6. The lowest BCUT2D eigenvalue weighted by Gasteiger charge is -2.24. The molecule has 0 unspecified atom stereocenters. The molecule has 1 atom stereocenters. The van der Waals surface area contributed by atoms with Gasteiger partial charge in [-0.1, -0.05) is 0 Å². The number of carbonyl (C=O) groups excluding carboxylic acids is 1. The minimum Gasteiger partial charge on any atom is -0.493 e. The second kappa shape index (κ2) is 8.00. The Morgan fingerprint density at radius 1 is 1.07 bits per heavy atom. The molecule has 0 N–H and O–H groups in total. The second-order valence-corrected chi connectivity index (χ2v) is 8.55. The number of sulfonamides is 1. The number of carbonyl (C=O) groups is 1. The Balaban J connectivity index is 2.09. The molecule has 0 aliphatic carbocycles. The fraction of sp³-hybridized carbons (Fsp3) is 0.350. The fourth-order valence-corrected chi connectivity index (χ4v) is 5.38. The first kappa shape index (κ1) is 21.1. The molecule has 2 aromatic carbocycles. The molecule has 156 valence electrons. The Labute approximate surface area is 169 Å². The van der Waals surface area contributed by atoms with Crippen molar-refractivity contribution in [1.29, 1.82) is 0 Å². The van der Waals surface area contributed by atoms with Gasteiger partial charge in [0.05, 0.1) is 32.3 Å². The summed E-state index contributed by atoms with van der Waals surface area (Å²) in [5, 5.41) is 0. The van der Waals surface area contributed by atoms with E-state index in [9.17, 15) is 17.6 Å². The standard InChI is InChI=1S/C20H22FNO6S/c1-12(23)7-16-15-10-14(21)5-6-19(15)29(24,25)22(16)11-13-8-17(26-2)20(28-4)18(9-13)27-3/h5-6,8-10,16H,7,11H2,1-4H3/t16-/m0/s1. The van der Waals surface area contributed by atoms with Gasteiger partial charge in [-0.05, 0) is 48.4 Å². The summed E-state index contributed by atoms with van der Waals surface area (Å²) in [5.74, 6) is 0.392. The summed E-state index contributed by atoms with van der Waals surface area (Å²) in [7, 11) is 0.488. The van der Waals surface area contributed by atoms with E-state index in [0.29, 0.717) is 22.8 Å². The number of halogens is 1. The van der Waals surface area contributed by atoms with Gasteiger partial charge in [0.2, 0.25) is 15.8 Å². The molecular formula is C20H22FNO6S. The molecular weight excluding hydrogens is 401 g/mol. The maximum Gasteiger partial charge on any atom is 0.244 e. The molecule has 0 bridgehead atoms. The van der Waals surface area contributed by atoms with E-state index in [4.69, 9.17) is 14.2 Å². The molecule has 0 fully saturated rings. The van der Waals surface area contributed by atoms with Crippen molar-refractivity contribution < 1.29 is 31.8 Å². The number of ketones is 1. The van der Waals surface area contributed by atoms with Crippen LogP contribution in [0.2, 0.25) is 0 Å². The smallest absolute Gasteiger partial charge is 0.244 e. The number of benzene rings is 2. The van der Waals surface area contributed by atoms with Crippen LogP contribution in [0.3, 0.4) is 0 Å². The average Bonchev–Trinajstić information content (AvgIpc) is 2.87. The number of rotatable bonds is 7. The largest absolute Gasteiger partial charge is 0.493 e. The van der Waals surface area contributed by atoms with Gasteiger partial charge in [-0.3, -0.25) is 4.79 Å². The molecule has 0 spiro atoms. The minimum atomic E-state index is -3.91. The van der Waals surface area contributed by atoms with Gasteiger partial charge in [0.1, 0.15) is 11.6 Å². The highest BCUT2D eigenvalue weighted by molar-refractivity contribution is 7.89. The van der Waals surface area contributed by atoms with Crippen molar-refractivity contribution in [1.82, 2.24) is 4.31 Å². The third-order valence-electron chi connectivity index (χ3n) is 4.81. The maximum atomic E-state index is 13.8. The van der Waals surface area contributed by atoms with Crippen LogP contribution in [0.5, 0.6) is 17.2 Å². The summed E-state index contributed by atoms with van der Waals surface area (Å²) < 4.78 is 57.2. The lowest BCUT2D eigenvalue weighted by Crippen LogP contribution is -2.29. The summed E-state index contributed by atoms with van der Waals surface area (Å²) in [6.45, 7) is 1.33. The molecule has 0 aromatic heterocycles. The molecule has 0 saturated carbocycles. The Bertz CT molecular complexity index is 1030. The van der Waals surface area contributed by atoms with Crippen molar-refractivity contribution in [2.75, 3.05) is 21.3 Å². The van der Waals surface area contributed by atoms with Crippen molar-refractivity contribution in [3.05, 3.63) is 47.3 Å². The zero-order valence-electron chi connectivity index (χ0n) is 16.6. The number of hydrogen-bond donors (Lipinski definition) is 0. The van der Waals surface area contributed by atoms with Crippen molar-refractivity contribution in [2.45, 2.75) is 30.8 Å². The first-order chi connectivity index (χ1) is 13.7. The molecule has 1 heterocycles. The SMILES string of the molecule is COc1cc(CN2[C@@H](CC(C)=O)c3cc(F)ccc3S2(=O)=O)cc(OC)c1OC. The van der Waals surface area contributed by atoms with Crippen LogP contribution in [0.25, 0.3) is 0 Å². The van der Waals surface area contributed by atoms with Gasteiger partial charge in [0, 0.05) is 13.0 Å². The van der Waals surface area contributed by atoms with Crippen LogP contribution in [-0.2, 0) is 21.4 Å². The lowest BCUT2D eigenvalue weighted by atomic mass is 10.0. The molecule has 1 aliphatic rings. The van der Waals surface area contributed by atoms with Gasteiger partial charge in [-0.2, -0.15) is 4.31 Å². The van der Waals surface area contributed by atoms with Crippen LogP contribution in [-0.4, -0.2) is 39.8 Å². The molecule has 7 nitrogen and oxygen atoms in total. The van der Waals surface area contributed by atoms with Gasteiger partial charge in [-0.15, -0.1) is 0 Å². The van der Waals surface area contributed by atoms with Crippen LogP contribution in [0.4, 0.5) is 4.39 Å². The first-order valence-electron chi connectivity index (χ1n) is 8.82. The first-order valence-corrected chi connectivity index (χ1v) is 10.3. The van der Waals surface area contributed by atoms with Crippen molar-refractivity contribution in [3.8, 4) is 17.2 Å². The fourth-order valence-electron chi connectivity index (χ4n) is 3.55. The molecule has 2 aromatic rings. The van der Waals surface area contributed by atoms with Gasteiger partial charge in [0.15, 0.2) is 11.5 Å². The summed E-state index contributed by atoms with van der Waals surface area (Å²) in [4.78, 5) is 11.8. The Kier molecular flexibility index (Phi) is 5.81. The normalized spacial score (nSPS) is 17.6. The zero-order chi connectivity index (χ0) is 21.3. The van der Waals surface area contributed by atoms with Gasteiger partial charge < -0.3 is 14.2 Å². The van der Waals surface area contributed by atoms with E-state index in [1.165, 1.54) is 44.7 Å². The van der Waals surface area contributed by atoms with Crippen molar-refractivity contribution in [3.63, 3.8) is 0 Å². The molecule has 0 radical (unpaired) electrons. The predicted molar refractivity (Wildman–Crippen MR) is 103 cm³/mol. The highest BCUT2D eigenvalue weighted by Crippen LogP contribution is 2.44. The van der Waals surface area contributed by atoms with E-state index in [0.717, 1.165) is 6.07 Å². The predicted octanol–water partition coefficient (Wildman–Crippen LogP) is 3.08. The Hall–Kier alpha value is -2.65. The molecule has 1 aliphatic heterocycles. The Morgan fingerprint density at radius 2 is 1.69 bits per heavy atom. The van der Waals surface area contributed by atoms with Crippen molar-refractivity contribution >= 4 is 15.8 Å². The van der Waals surface area contributed by atoms with Crippen molar-refractivity contribution in [2.24, 2.45) is 0 Å². The highest BCUT2D eigenvalue weighted by Gasteiger charge is 2.43. The van der Waals surface area contributed by atoms with Crippen LogP contribution >= 0.6 is 0 Å². The lowest BCUT2D eigenvalue weighted by molar-refractivity contribution is -0.117. The van der Waals surface area contributed by atoms with E-state index >= 15 is 0 Å². The van der Waals surface area contributed by atoms with Gasteiger partial charge >= 0.3 is 0 Å². The quantitative estimate of drug-likeness (QED) is 0.681. The number of Topliss-reactive ketones (excluding diaryl/α,β-unsaturated/α-hetero) is 1. The monoisotopic (exact) mass is 423 g/mol. The molecule has 9 heteroatoms. The van der Waals surface area contributed by atoms with Crippen LogP contribution < -0.4 is 14.2 Å². The molecule has 29 heavy (non-hydrogen) atoms. The minimum absolute atomic E-state index is 0.0117. The summed E-state index contributed by atoms with van der Waals surface area (Å²) >= 11 is 0. The number of fused-ring (bicyclic) bond motifs is 1. The van der Waals surface area contributed by atoms with Gasteiger partial charge in [0.25, 0.3) is 0 Å². The number of methoxy groups -OCH3 is 3. The van der Waals surface area contributed by atoms with Crippen LogP contribution in [0, 0.1) is 5.82 Å². The summed E-state index contributed by atoms with van der Waals surface area (Å²) in [5.41, 5.74) is 0.859. The van der Waals surface area contributed by atoms with Crippen LogP contribution in [0.15, 0.2) is 35.2 Å². The van der Waals surface area contributed by atoms with E-state index in [2.05, 4.69) is 0 Å². The zero-order valence-corrected chi connectivity index (χ0v) is 17.4. The van der Waals surface area contributed by atoms with E-state index in [1.807, 2.05) is 0 Å². The second-order valence-electron chi connectivity index (χ2n) is 6.69. The molecule has 0 amide bonds. The maximum absolute atomic E-state index is 13.8. The van der Waals surface area contributed by atoms with E-state index in [1.54, 1.807) is 12.1 Å². The third kappa shape index (κ3) is 3.79. The van der Waals surface area contributed by atoms with Crippen LogP contribution in [0.1, 0.15) is 30.5 Å². The van der Waals surface area contributed by atoms with Gasteiger partial charge in [-0.25, -0.2) is 12.8 Å². The highest BCUT2D eigenvalue weighted by atomic mass is 32.2. The number of ether oxygens (including phenoxy) is 3. The summed E-state index contributed by atoms with van der Waals surface area (Å²) in [6, 6.07) is 6.01. The third-order valence-corrected chi connectivity index (χ3v) is 6.74. The topological polar surface area (TPSA) is 82.1 Å². The van der Waals surface area contributed by atoms with E-state index < -0.39 is 21.9 Å². The average molecular weight is 423 g/mol. The molecule has 3 rings (SSSR count). The number of nitrogens with zero attached hydrogens (tertiary/aromatic N) is 1. The van der Waals surface area contributed by atoms with E-state index in [-0.39, 0.29) is 29.2 Å². The summed E-state index contributed by atoms with van der Waals surface area (Å²) in [6.07, 6.45) is -0.0554. The molecule has 0 saturated heterocycles. The Morgan fingerprint density at radius 3 is 2.21 bits per heavy atom.